The molecule has 34 heavy (non-hydrogen) atoms. The van der Waals surface area contributed by atoms with Crippen LogP contribution in [0.1, 0.15) is 48.0 Å². The molecular weight excluding hydrogens is 460 g/mol. The largest absolute Gasteiger partial charge is 0.465 e. The molecule has 0 spiro atoms. The maximum absolute atomic E-state index is 12.8. The number of carbonyl (C=O) groups is 3. The van der Waals surface area contributed by atoms with Gasteiger partial charge in [-0.2, -0.15) is 0 Å². The highest BCUT2D eigenvalue weighted by Gasteiger charge is 2.21. The van der Waals surface area contributed by atoms with Gasteiger partial charge in [0.1, 0.15) is 0 Å². The standard InChI is InChI=1S/C24H24N2O7S/c1-14-5-10-19(34(25,30)31)12-20(14)24(29)33-13-22(27)21-11-15(2)26(16(21)3)18-8-6-17(7-9-18)23(28)32-4/h5-12H,13H2,1-4H3,(H2,25,30,31). The molecule has 3 rings (SSSR count). The van der Waals surface area contributed by atoms with Crippen LogP contribution in [0.2, 0.25) is 0 Å². The molecule has 1 heterocycles. The Labute approximate surface area is 197 Å². The monoisotopic (exact) mass is 484 g/mol. The fraction of sp³-hybridized carbons (Fsp3) is 0.208. The van der Waals surface area contributed by atoms with Gasteiger partial charge in [-0.3, -0.25) is 4.79 Å². The van der Waals surface area contributed by atoms with E-state index in [4.69, 9.17) is 14.6 Å². The first-order valence-corrected chi connectivity index (χ1v) is 11.7. The molecule has 10 heteroatoms. The van der Waals surface area contributed by atoms with Crippen LogP contribution >= 0.6 is 0 Å². The molecule has 2 N–H and O–H groups in total. The van der Waals surface area contributed by atoms with Gasteiger partial charge in [0.2, 0.25) is 15.8 Å². The predicted octanol–water partition coefficient (Wildman–Crippen LogP) is 2.88. The van der Waals surface area contributed by atoms with E-state index in [1.165, 1.54) is 19.2 Å². The molecule has 3 aromatic rings. The second kappa shape index (κ2) is 9.62. The number of aromatic nitrogens is 1. The Morgan fingerprint density at radius 1 is 0.912 bits per heavy atom. The van der Waals surface area contributed by atoms with E-state index in [0.29, 0.717) is 22.4 Å². The van der Waals surface area contributed by atoms with E-state index >= 15 is 0 Å². The molecule has 1 aromatic heterocycles. The van der Waals surface area contributed by atoms with E-state index < -0.39 is 34.4 Å². The van der Waals surface area contributed by atoms with Crippen molar-refractivity contribution in [1.29, 1.82) is 0 Å². The number of ketones is 1. The average molecular weight is 485 g/mol. The second-order valence-electron chi connectivity index (χ2n) is 7.68. The number of nitrogens with zero attached hydrogens (tertiary/aromatic N) is 1. The lowest BCUT2D eigenvalue weighted by molar-refractivity contribution is 0.0473. The van der Waals surface area contributed by atoms with Crippen molar-refractivity contribution in [1.82, 2.24) is 4.57 Å². The van der Waals surface area contributed by atoms with E-state index in [1.807, 2.05) is 11.5 Å². The number of rotatable bonds is 7. The lowest BCUT2D eigenvalue weighted by Gasteiger charge is -2.11. The van der Waals surface area contributed by atoms with Crippen molar-refractivity contribution in [3.8, 4) is 5.69 Å². The molecule has 0 aliphatic carbocycles. The van der Waals surface area contributed by atoms with Gasteiger partial charge in [-0.1, -0.05) is 6.07 Å². The summed E-state index contributed by atoms with van der Waals surface area (Å²) >= 11 is 0. The summed E-state index contributed by atoms with van der Waals surface area (Å²) in [4.78, 5) is 36.8. The SMILES string of the molecule is COC(=O)c1ccc(-n2c(C)cc(C(=O)COC(=O)c3cc(S(N)(=O)=O)ccc3C)c2C)cc1. The number of nitrogens with two attached hydrogens (primary N) is 1. The van der Waals surface area contributed by atoms with Crippen LogP contribution in [0.5, 0.6) is 0 Å². The summed E-state index contributed by atoms with van der Waals surface area (Å²) in [5, 5.41) is 5.13. The lowest BCUT2D eigenvalue weighted by Crippen LogP contribution is -2.17. The number of primary sulfonamides is 1. The van der Waals surface area contributed by atoms with Gasteiger partial charge in [-0.15, -0.1) is 0 Å². The summed E-state index contributed by atoms with van der Waals surface area (Å²) in [6.07, 6.45) is 0. The molecular formula is C24H24N2O7S. The highest BCUT2D eigenvalue weighted by Crippen LogP contribution is 2.22. The molecule has 0 aliphatic heterocycles. The quantitative estimate of drug-likeness (QED) is 0.402. The third-order valence-corrected chi connectivity index (χ3v) is 6.28. The number of Topliss-reactive ketones (excluding diaryl/α,β-unsaturated/α-hetero) is 1. The molecule has 0 atom stereocenters. The van der Waals surface area contributed by atoms with Crippen LogP contribution in [0, 0.1) is 20.8 Å². The Bertz CT molecular complexity index is 1390. The molecule has 0 radical (unpaired) electrons. The first-order chi connectivity index (χ1) is 15.9. The third-order valence-electron chi connectivity index (χ3n) is 5.37. The molecule has 9 nitrogen and oxygen atoms in total. The van der Waals surface area contributed by atoms with Crippen LogP contribution in [0.15, 0.2) is 53.4 Å². The van der Waals surface area contributed by atoms with E-state index in [2.05, 4.69) is 0 Å². The number of carbonyl (C=O) groups excluding carboxylic acids is 3. The van der Waals surface area contributed by atoms with Crippen molar-refractivity contribution >= 4 is 27.7 Å². The van der Waals surface area contributed by atoms with Crippen LogP contribution in [0.3, 0.4) is 0 Å². The minimum atomic E-state index is -4.00. The van der Waals surface area contributed by atoms with Crippen LogP contribution in [-0.2, 0) is 19.5 Å². The summed E-state index contributed by atoms with van der Waals surface area (Å²) in [5.41, 5.74) is 3.42. The van der Waals surface area contributed by atoms with Crippen molar-refractivity contribution in [2.24, 2.45) is 5.14 Å². The number of aryl methyl sites for hydroxylation is 2. The highest BCUT2D eigenvalue weighted by atomic mass is 32.2. The van der Waals surface area contributed by atoms with Gasteiger partial charge < -0.3 is 14.0 Å². The fourth-order valence-corrected chi connectivity index (χ4v) is 4.13. The fourth-order valence-electron chi connectivity index (χ4n) is 3.59. The normalized spacial score (nSPS) is 11.2. The summed E-state index contributed by atoms with van der Waals surface area (Å²) < 4.78 is 34.9. The van der Waals surface area contributed by atoms with E-state index in [-0.39, 0.29) is 10.5 Å². The van der Waals surface area contributed by atoms with Crippen LogP contribution in [0.4, 0.5) is 0 Å². The third kappa shape index (κ3) is 5.08. The highest BCUT2D eigenvalue weighted by molar-refractivity contribution is 7.89. The minimum Gasteiger partial charge on any atom is -0.465 e. The Hall–Kier alpha value is -3.76. The van der Waals surface area contributed by atoms with Gasteiger partial charge in [0, 0.05) is 22.6 Å². The number of benzene rings is 2. The molecule has 0 aliphatic rings. The number of sulfonamides is 1. The van der Waals surface area contributed by atoms with Gasteiger partial charge in [-0.05, 0) is 68.8 Å². The van der Waals surface area contributed by atoms with Crippen LogP contribution < -0.4 is 5.14 Å². The number of hydrogen-bond acceptors (Lipinski definition) is 7. The van der Waals surface area contributed by atoms with E-state index in [1.54, 1.807) is 44.2 Å². The van der Waals surface area contributed by atoms with Gasteiger partial charge in [-0.25, -0.2) is 23.1 Å². The van der Waals surface area contributed by atoms with Gasteiger partial charge in [0.05, 0.1) is 23.1 Å². The van der Waals surface area contributed by atoms with Crippen molar-refractivity contribution in [2.75, 3.05) is 13.7 Å². The first-order valence-electron chi connectivity index (χ1n) is 10.2. The van der Waals surface area contributed by atoms with E-state index in [9.17, 15) is 22.8 Å². The molecule has 0 unspecified atom stereocenters. The van der Waals surface area contributed by atoms with E-state index in [0.717, 1.165) is 17.4 Å². The molecule has 178 valence electrons. The summed E-state index contributed by atoms with van der Waals surface area (Å²) in [6, 6.07) is 12.3. The summed E-state index contributed by atoms with van der Waals surface area (Å²) in [7, 11) is -2.69. The minimum absolute atomic E-state index is 0.00972. The number of ether oxygens (including phenoxy) is 2. The maximum Gasteiger partial charge on any atom is 0.338 e. The molecule has 0 saturated carbocycles. The molecule has 0 saturated heterocycles. The lowest BCUT2D eigenvalue weighted by atomic mass is 10.1. The van der Waals surface area contributed by atoms with Gasteiger partial charge in [0.15, 0.2) is 6.61 Å². The van der Waals surface area contributed by atoms with Crippen molar-refractivity contribution in [3.05, 3.63) is 82.2 Å². The zero-order valence-corrected chi connectivity index (χ0v) is 19.9. The maximum atomic E-state index is 12.8. The van der Waals surface area contributed by atoms with Gasteiger partial charge in [0.25, 0.3) is 0 Å². The van der Waals surface area contributed by atoms with Crippen molar-refractivity contribution < 1.29 is 32.3 Å². The zero-order valence-electron chi connectivity index (χ0n) is 19.1. The topological polar surface area (TPSA) is 135 Å². The Balaban J connectivity index is 1.79. The Morgan fingerprint density at radius 2 is 1.56 bits per heavy atom. The number of methoxy groups -OCH3 is 1. The smallest absolute Gasteiger partial charge is 0.338 e. The predicted molar refractivity (Wildman–Crippen MR) is 124 cm³/mol. The van der Waals surface area contributed by atoms with Crippen molar-refractivity contribution in [2.45, 2.75) is 25.7 Å². The van der Waals surface area contributed by atoms with Crippen LogP contribution in [-0.4, -0.2) is 44.4 Å². The second-order valence-corrected chi connectivity index (χ2v) is 9.24. The van der Waals surface area contributed by atoms with Crippen LogP contribution in [0.25, 0.3) is 5.69 Å². The molecule has 0 bridgehead atoms. The average Bonchev–Trinajstić information content (AvgIpc) is 3.10. The number of hydrogen-bond donors (Lipinski definition) is 1. The number of esters is 2. The van der Waals surface area contributed by atoms with Gasteiger partial charge >= 0.3 is 11.9 Å². The molecule has 0 fully saturated rings. The summed E-state index contributed by atoms with van der Waals surface area (Å²) in [5.74, 6) is -1.70. The Morgan fingerprint density at radius 3 is 2.15 bits per heavy atom. The first kappa shape index (κ1) is 24.9. The molecule has 0 amide bonds. The molecule has 2 aromatic carbocycles. The van der Waals surface area contributed by atoms with Crippen molar-refractivity contribution in [3.63, 3.8) is 0 Å². The zero-order chi connectivity index (χ0) is 25.2. The summed E-state index contributed by atoms with van der Waals surface area (Å²) in [6.45, 7) is 4.68. The Kier molecular flexibility index (Phi) is 7.04.